The molecule has 0 saturated carbocycles. The highest BCUT2D eigenvalue weighted by atomic mass is 35.5. The molecule has 0 aliphatic heterocycles. The Labute approximate surface area is 203 Å². The molecule has 0 aliphatic rings. The molecule has 9 heteroatoms. The molecule has 7 nitrogen and oxygen atoms in total. The average Bonchev–Trinajstić information content (AvgIpc) is 2.78. The summed E-state index contributed by atoms with van der Waals surface area (Å²) in [4.78, 5) is 22.3. The standard InChI is InChI=1S/C25H23ClN4O3S/c1-25(2,3)30-34(32,33)17-12-10-16(11-13-17)28-24(31)19-15-22(21-9-4-5-14-27-21)29-23-18(19)7-6-8-20(23)26/h4-15,30H,1-3H3,(H,28,31). The Morgan fingerprint density at radius 1 is 0.941 bits per heavy atom. The molecule has 1 amide bonds. The summed E-state index contributed by atoms with van der Waals surface area (Å²) >= 11 is 6.38. The molecule has 4 rings (SSSR count). The summed E-state index contributed by atoms with van der Waals surface area (Å²) < 4.78 is 27.7. The van der Waals surface area contributed by atoms with Crippen molar-refractivity contribution in [2.45, 2.75) is 31.2 Å². The second-order valence-corrected chi connectivity index (χ2v) is 10.8. The summed E-state index contributed by atoms with van der Waals surface area (Å²) in [5.41, 5.74) is 1.83. The smallest absolute Gasteiger partial charge is 0.256 e. The van der Waals surface area contributed by atoms with Crippen molar-refractivity contribution in [3.8, 4) is 11.4 Å². The molecule has 174 valence electrons. The van der Waals surface area contributed by atoms with E-state index in [1.165, 1.54) is 12.1 Å². The van der Waals surface area contributed by atoms with Crippen LogP contribution in [0.5, 0.6) is 0 Å². The molecule has 4 aromatic rings. The number of carbonyl (C=O) groups excluding carboxylic acids is 1. The SMILES string of the molecule is CC(C)(C)NS(=O)(=O)c1ccc(NC(=O)c2cc(-c3ccccn3)nc3c(Cl)cccc23)cc1. The van der Waals surface area contributed by atoms with Crippen LogP contribution in [-0.2, 0) is 10.0 Å². The van der Waals surface area contributed by atoms with Crippen LogP contribution in [0.1, 0.15) is 31.1 Å². The number of para-hydroxylation sites is 1. The first-order valence-corrected chi connectivity index (χ1v) is 12.4. The lowest BCUT2D eigenvalue weighted by molar-refractivity contribution is 0.102. The van der Waals surface area contributed by atoms with Crippen LogP contribution < -0.4 is 10.0 Å². The highest BCUT2D eigenvalue weighted by Crippen LogP contribution is 2.29. The summed E-state index contributed by atoms with van der Waals surface area (Å²) in [5, 5.41) is 3.85. The lowest BCUT2D eigenvalue weighted by Gasteiger charge is -2.20. The maximum Gasteiger partial charge on any atom is 0.256 e. The lowest BCUT2D eigenvalue weighted by atomic mass is 10.1. The number of amides is 1. The van der Waals surface area contributed by atoms with Crippen molar-refractivity contribution in [2.24, 2.45) is 0 Å². The van der Waals surface area contributed by atoms with Crippen LogP contribution in [-0.4, -0.2) is 29.8 Å². The van der Waals surface area contributed by atoms with E-state index in [2.05, 4.69) is 20.0 Å². The van der Waals surface area contributed by atoms with Gasteiger partial charge in [0.05, 0.1) is 32.4 Å². The number of pyridine rings is 2. The number of rotatable bonds is 5. The van der Waals surface area contributed by atoms with Gasteiger partial charge < -0.3 is 5.32 Å². The summed E-state index contributed by atoms with van der Waals surface area (Å²) in [7, 11) is -3.68. The van der Waals surface area contributed by atoms with Crippen molar-refractivity contribution in [3.63, 3.8) is 0 Å². The van der Waals surface area contributed by atoms with Gasteiger partial charge in [0.15, 0.2) is 0 Å². The zero-order valence-corrected chi connectivity index (χ0v) is 20.4. The summed E-state index contributed by atoms with van der Waals surface area (Å²) in [6.45, 7) is 5.30. The number of anilines is 1. The van der Waals surface area contributed by atoms with Gasteiger partial charge in [0.1, 0.15) is 0 Å². The second kappa shape index (κ2) is 9.13. The molecule has 0 spiro atoms. The van der Waals surface area contributed by atoms with Crippen molar-refractivity contribution < 1.29 is 13.2 Å². The molecule has 0 radical (unpaired) electrons. The van der Waals surface area contributed by atoms with Gasteiger partial charge in [-0.05, 0) is 69.3 Å². The topological polar surface area (TPSA) is 101 Å². The van der Waals surface area contributed by atoms with E-state index in [4.69, 9.17) is 11.6 Å². The van der Waals surface area contributed by atoms with E-state index >= 15 is 0 Å². The summed E-state index contributed by atoms with van der Waals surface area (Å²) in [5.74, 6) is -0.379. The third-order valence-corrected chi connectivity index (χ3v) is 6.90. The van der Waals surface area contributed by atoms with Crippen LogP contribution in [0.2, 0.25) is 5.02 Å². The first-order chi connectivity index (χ1) is 16.0. The van der Waals surface area contributed by atoms with Gasteiger partial charge in [0.2, 0.25) is 10.0 Å². The minimum Gasteiger partial charge on any atom is -0.322 e. The van der Waals surface area contributed by atoms with Crippen LogP contribution >= 0.6 is 11.6 Å². The molecule has 0 atom stereocenters. The monoisotopic (exact) mass is 494 g/mol. The van der Waals surface area contributed by atoms with Crippen molar-refractivity contribution >= 4 is 44.1 Å². The Hall–Kier alpha value is -3.33. The number of halogens is 1. The van der Waals surface area contributed by atoms with Crippen LogP contribution in [0.4, 0.5) is 5.69 Å². The number of nitrogens with zero attached hydrogens (tertiary/aromatic N) is 2. The Kier molecular flexibility index (Phi) is 6.40. The van der Waals surface area contributed by atoms with Gasteiger partial charge in [0, 0.05) is 22.8 Å². The van der Waals surface area contributed by atoms with Gasteiger partial charge in [-0.15, -0.1) is 0 Å². The van der Waals surface area contributed by atoms with E-state index < -0.39 is 15.6 Å². The molecular weight excluding hydrogens is 472 g/mol. The van der Waals surface area contributed by atoms with E-state index in [9.17, 15) is 13.2 Å². The first kappa shape index (κ1) is 23.8. The van der Waals surface area contributed by atoms with Crippen molar-refractivity contribution in [3.05, 3.63) is 83.5 Å². The molecule has 0 saturated heterocycles. The largest absolute Gasteiger partial charge is 0.322 e. The molecule has 2 heterocycles. The number of hydrogen-bond acceptors (Lipinski definition) is 5. The Morgan fingerprint density at radius 3 is 2.32 bits per heavy atom. The van der Waals surface area contributed by atoms with Gasteiger partial charge in [-0.2, -0.15) is 0 Å². The van der Waals surface area contributed by atoms with Gasteiger partial charge in [0.25, 0.3) is 5.91 Å². The molecule has 2 aromatic heterocycles. The quantitative estimate of drug-likeness (QED) is 0.393. The zero-order chi connectivity index (χ0) is 24.5. The van der Waals surface area contributed by atoms with Crippen molar-refractivity contribution in [2.75, 3.05) is 5.32 Å². The van der Waals surface area contributed by atoms with E-state index in [-0.39, 0.29) is 10.8 Å². The maximum atomic E-state index is 13.3. The van der Waals surface area contributed by atoms with E-state index in [0.29, 0.717) is 38.6 Å². The van der Waals surface area contributed by atoms with Gasteiger partial charge in [-0.1, -0.05) is 29.8 Å². The molecule has 0 fully saturated rings. The van der Waals surface area contributed by atoms with Crippen LogP contribution in [0.15, 0.2) is 77.8 Å². The van der Waals surface area contributed by atoms with Crippen molar-refractivity contribution in [1.29, 1.82) is 0 Å². The highest BCUT2D eigenvalue weighted by molar-refractivity contribution is 7.89. The zero-order valence-electron chi connectivity index (χ0n) is 18.8. The maximum absolute atomic E-state index is 13.3. The number of aromatic nitrogens is 2. The normalized spacial score (nSPS) is 12.0. The number of carbonyl (C=O) groups is 1. The van der Waals surface area contributed by atoms with Gasteiger partial charge in [-0.3, -0.25) is 9.78 Å². The number of benzene rings is 2. The molecule has 0 aliphatic carbocycles. The predicted molar refractivity (Wildman–Crippen MR) is 134 cm³/mol. The second-order valence-electron chi connectivity index (χ2n) is 8.74. The fraction of sp³-hybridized carbons (Fsp3) is 0.160. The van der Waals surface area contributed by atoms with Crippen LogP contribution in [0.3, 0.4) is 0 Å². The number of fused-ring (bicyclic) bond motifs is 1. The number of nitrogens with one attached hydrogen (secondary N) is 2. The molecule has 0 bridgehead atoms. The third-order valence-electron chi connectivity index (χ3n) is 4.83. The van der Waals surface area contributed by atoms with Gasteiger partial charge >= 0.3 is 0 Å². The molecule has 0 unspecified atom stereocenters. The molecule has 2 aromatic carbocycles. The highest BCUT2D eigenvalue weighted by Gasteiger charge is 2.22. The predicted octanol–water partition coefficient (Wildman–Crippen LogP) is 5.28. The minimum atomic E-state index is -3.68. The summed E-state index contributed by atoms with van der Waals surface area (Å²) in [6, 6.07) is 18.3. The van der Waals surface area contributed by atoms with E-state index in [1.807, 2.05) is 6.07 Å². The minimum absolute atomic E-state index is 0.110. The van der Waals surface area contributed by atoms with E-state index in [1.54, 1.807) is 75.5 Å². The first-order valence-electron chi connectivity index (χ1n) is 10.5. The fourth-order valence-corrected chi connectivity index (χ4v) is 5.06. The third kappa shape index (κ3) is 5.25. The molecular formula is C25H23ClN4O3S. The number of hydrogen-bond donors (Lipinski definition) is 2. The fourth-order valence-electron chi connectivity index (χ4n) is 3.42. The summed E-state index contributed by atoms with van der Waals surface area (Å²) in [6.07, 6.45) is 1.65. The van der Waals surface area contributed by atoms with Gasteiger partial charge in [-0.25, -0.2) is 18.1 Å². The molecule has 2 N–H and O–H groups in total. The van der Waals surface area contributed by atoms with Crippen LogP contribution in [0, 0.1) is 0 Å². The lowest BCUT2D eigenvalue weighted by Crippen LogP contribution is -2.40. The Bertz CT molecular complexity index is 1470. The Balaban J connectivity index is 1.68. The van der Waals surface area contributed by atoms with Crippen LogP contribution in [0.25, 0.3) is 22.3 Å². The van der Waals surface area contributed by atoms with E-state index in [0.717, 1.165) is 0 Å². The average molecular weight is 495 g/mol. The molecule has 34 heavy (non-hydrogen) atoms. The number of sulfonamides is 1. The Morgan fingerprint density at radius 2 is 1.68 bits per heavy atom. The van der Waals surface area contributed by atoms with Crippen molar-refractivity contribution in [1.82, 2.24) is 14.7 Å².